The van der Waals surface area contributed by atoms with Crippen LogP contribution in [0.15, 0.2) is 0 Å². The summed E-state index contributed by atoms with van der Waals surface area (Å²) in [6, 6.07) is 0. The monoisotopic (exact) mass is 180 g/mol. The predicted octanol–water partition coefficient (Wildman–Crippen LogP) is 2.59. The summed E-state index contributed by atoms with van der Waals surface area (Å²) in [5.74, 6) is 1.91. The lowest BCUT2D eigenvalue weighted by molar-refractivity contribution is -0.121. The molecule has 4 aliphatic carbocycles. The molecule has 1 N–H and O–H groups in total. The molecule has 74 valence electrons. The zero-order valence-electron chi connectivity index (χ0n) is 8.55. The van der Waals surface area contributed by atoms with Crippen LogP contribution in [-0.4, -0.2) is 11.7 Å². The highest BCUT2D eigenvalue weighted by molar-refractivity contribution is 5.05. The van der Waals surface area contributed by atoms with Crippen LogP contribution in [0.5, 0.6) is 0 Å². The fourth-order valence-electron chi connectivity index (χ4n) is 5.11. The van der Waals surface area contributed by atoms with Gasteiger partial charge >= 0.3 is 0 Å². The topological polar surface area (TPSA) is 20.2 Å². The Morgan fingerprint density at radius 2 is 1.77 bits per heavy atom. The van der Waals surface area contributed by atoms with Gasteiger partial charge in [0.1, 0.15) is 0 Å². The van der Waals surface area contributed by atoms with Crippen molar-refractivity contribution in [2.75, 3.05) is 6.61 Å². The smallest absolute Gasteiger partial charge is 0.0487 e. The van der Waals surface area contributed by atoms with Crippen LogP contribution in [0.25, 0.3) is 0 Å². The maximum absolute atomic E-state index is 9.55. The first-order valence-corrected chi connectivity index (χ1v) is 5.74. The van der Waals surface area contributed by atoms with Crippen molar-refractivity contribution in [3.8, 4) is 0 Å². The second-order valence-corrected chi connectivity index (χ2v) is 6.43. The van der Waals surface area contributed by atoms with Crippen molar-refractivity contribution in [2.24, 2.45) is 22.7 Å². The summed E-state index contributed by atoms with van der Waals surface area (Å²) in [4.78, 5) is 0. The van der Waals surface area contributed by atoms with Crippen LogP contribution in [-0.2, 0) is 0 Å². The van der Waals surface area contributed by atoms with E-state index in [1.807, 2.05) is 0 Å². The molecule has 0 aromatic carbocycles. The largest absolute Gasteiger partial charge is 0.396 e. The van der Waals surface area contributed by atoms with E-state index in [2.05, 4.69) is 6.92 Å². The molecule has 0 aromatic rings. The van der Waals surface area contributed by atoms with E-state index in [0.717, 1.165) is 11.8 Å². The minimum absolute atomic E-state index is 0.360. The number of hydrogen-bond acceptors (Lipinski definition) is 1. The minimum atomic E-state index is 0.360. The number of aliphatic hydroxyl groups is 1. The Bertz CT molecular complexity index is 219. The Morgan fingerprint density at radius 1 is 1.15 bits per heavy atom. The van der Waals surface area contributed by atoms with Crippen LogP contribution < -0.4 is 0 Å². The van der Waals surface area contributed by atoms with Crippen LogP contribution in [0.2, 0.25) is 0 Å². The molecule has 4 saturated carbocycles. The second-order valence-electron chi connectivity index (χ2n) is 6.43. The molecule has 0 saturated heterocycles. The fraction of sp³-hybridized carbons (Fsp3) is 1.00. The molecule has 0 amide bonds. The normalized spacial score (nSPS) is 58.6. The molecule has 0 aromatic heterocycles. The first kappa shape index (κ1) is 8.28. The molecule has 0 spiro atoms. The standard InChI is InChI=1S/C12H20O/c1-11-3-9-2-10(4-11)6-12(5-9,7-11)8-13/h9-10,13H,2-8H2,1H3/t9-,10-,11?,12?/m0/s1. The van der Waals surface area contributed by atoms with Crippen molar-refractivity contribution in [3.63, 3.8) is 0 Å². The molecule has 0 heterocycles. The van der Waals surface area contributed by atoms with Gasteiger partial charge in [0.15, 0.2) is 0 Å². The number of rotatable bonds is 1. The lowest BCUT2D eigenvalue weighted by atomic mass is 9.45. The third-order valence-electron chi connectivity index (χ3n) is 4.81. The molecule has 4 bridgehead atoms. The maximum atomic E-state index is 9.55. The molecule has 1 nitrogen and oxygen atoms in total. The average molecular weight is 180 g/mol. The van der Waals surface area contributed by atoms with Crippen LogP contribution in [0.4, 0.5) is 0 Å². The minimum Gasteiger partial charge on any atom is -0.396 e. The van der Waals surface area contributed by atoms with Crippen molar-refractivity contribution >= 4 is 0 Å². The Labute approximate surface area is 80.5 Å². The molecule has 4 fully saturated rings. The average Bonchev–Trinajstić information content (AvgIpc) is 1.99. The van der Waals surface area contributed by atoms with Gasteiger partial charge in [-0.2, -0.15) is 0 Å². The van der Waals surface area contributed by atoms with E-state index in [1.165, 1.54) is 38.5 Å². The highest BCUT2D eigenvalue weighted by Gasteiger charge is 2.55. The molecule has 1 heteroatoms. The lowest BCUT2D eigenvalue weighted by Gasteiger charge is -2.61. The Hall–Kier alpha value is -0.0400. The van der Waals surface area contributed by atoms with Gasteiger partial charge in [0, 0.05) is 6.61 Å². The van der Waals surface area contributed by atoms with Gasteiger partial charge in [0.25, 0.3) is 0 Å². The third-order valence-corrected chi connectivity index (χ3v) is 4.81. The molecular weight excluding hydrogens is 160 g/mol. The van der Waals surface area contributed by atoms with Gasteiger partial charge in [-0.15, -0.1) is 0 Å². The Kier molecular flexibility index (Phi) is 1.47. The van der Waals surface area contributed by atoms with Gasteiger partial charge < -0.3 is 5.11 Å². The second kappa shape index (κ2) is 2.31. The fourth-order valence-corrected chi connectivity index (χ4v) is 5.11. The van der Waals surface area contributed by atoms with Gasteiger partial charge in [0.2, 0.25) is 0 Å². The molecule has 2 atom stereocenters. The summed E-state index contributed by atoms with van der Waals surface area (Å²) >= 11 is 0. The predicted molar refractivity (Wildman–Crippen MR) is 52.3 cm³/mol. The van der Waals surface area contributed by atoms with Gasteiger partial charge in [-0.25, -0.2) is 0 Å². The third kappa shape index (κ3) is 1.09. The van der Waals surface area contributed by atoms with Gasteiger partial charge in [-0.1, -0.05) is 6.92 Å². The van der Waals surface area contributed by atoms with Gasteiger partial charge in [-0.3, -0.25) is 0 Å². The summed E-state index contributed by atoms with van der Waals surface area (Å²) in [5.41, 5.74) is 0.964. The number of aliphatic hydroxyl groups excluding tert-OH is 1. The van der Waals surface area contributed by atoms with E-state index < -0.39 is 0 Å². The van der Waals surface area contributed by atoms with E-state index in [-0.39, 0.29) is 0 Å². The quantitative estimate of drug-likeness (QED) is 0.657. The summed E-state index contributed by atoms with van der Waals surface area (Å²) in [6.45, 7) is 2.91. The van der Waals surface area contributed by atoms with E-state index in [9.17, 15) is 5.11 Å². The summed E-state index contributed by atoms with van der Waals surface area (Å²) in [6.07, 6.45) is 8.34. The van der Waals surface area contributed by atoms with Crippen molar-refractivity contribution in [3.05, 3.63) is 0 Å². The first-order valence-electron chi connectivity index (χ1n) is 5.74. The molecular formula is C12H20O. The summed E-state index contributed by atoms with van der Waals surface area (Å²) < 4.78 is 0. The maximum Gasteiger partial charge on any atom is 0.0487 e. The van der Waals surface area contributed by atoms with E-state index in [4.69, 9.17) is 0 Å². The summed E-state index contributed by atoms with van der Waals surface area (Å²) in [5, 5.41) is 9.55. The Balaban J connectivity index is 1.95. The number of hydrogen-bond donors (Lipinski definition) is 1. The van der Waals surface area contributed by atoms with Crippen LogP contribution in [0.1, 0.15) is 45.4 Å². The molecule has 13 heavy (non-hydrogen) atoms. The zero-order valence-corrected chi connectivity index (χ0v) is 8.55. The van der Waals surface area contributed by atoms with Crippen molar-refractivity contribution in [1.82, 2.24) is 0 Å². The van der Waals surface area contributed by atoms with Gasteiger partial charge in [0.05, 0.1) is 0 Å². The molecule has 0 radical (unpaired) electrons. The SMILES string of the molecule is CC12C[C@@H]3C[C@@H](C1)CC(CO)(C3)C2. The van der Waals surface area contributed by atoms with E-state index in [1.54, 1.807) is 0 Å². The van der Waals surface area contributed by atoms with Crippen LogP contribution in [0, 0.1) is 22.7 Å². The van der Waals surface area contributed by atoms with E-state index in [0.29, 0.717) is 17.4 Å². The summed E-state index contributed by atoms with van der Waals surface area (Å²) in [7, 11) is 0. The highest BCUT2D eigenvalue weighted by atomic mass is 16.3. The van der Waals surface area contributed by atoms with Crippen molar-refractivity contribution in [1.29, 1.82) is 0 Å². The van der Waals surface area contributed by atoms with Crippen LogP contribution >= 0.6 is 0 Å². The van der Waals surface area contributed by atoms with Crippen molar-refractivity contribution < 1.29 is 5.11 Å². The van der Waals surface area contributed by atoms with Crippen LogP contribution in [0.3, 0.4) is 0 Å². The molecule has 0 aliphatic heterocycles. The van der Waals surface area contributed by atoms with E-state index >= 15 is 0 Å². The van der Waals surface area contributed by atoms with Gasteiger partial charge in [-0.05, 0) is 61.2 Å². The highest BCUT2D eigenvalue weighted by Crippen LogP contribution is 2.64. The van der Waals surface area contributed by atoms with Crippen molar-refractivity contribution in [2.45, 2.75) is 45.4 Å². The molecule has 0 unspecified atom stereocenters. The first-order chi connectivity index (χ1) is 6.13. The Morgan fingerprint density at radius 3 is 2.23 bits per heavy atom. The lowest BCUT2D eigenvalue weighted by Crippen LogP contribution is -2.52. The molecule has 4 rings (SSSR count). The molecule has 4 aliphatic rings. The zero-order chi connectivity index (χ0) is 9.10.